The van der Waals surface area contributed by atoms with Gasteiger partial charge in [0.15, 0.2) is 5.82 Å². The lowest BCUT2D eigenvalue weighted by molar-refractivity contribution is 0.301. The SMILES string of the molecule is C[C@H]1CN(c2ncnc3[nH]cc(C#N)c23)[C@@H]1c1nn2ccc(Cl)c2c(=O)n1-c1ccc(F)cc1.S.S. The van der Waals surface area contributed by atoms with E-state index in [0.29, 0.717) is 40.5 Å². The Morgan fingerprint density at radius 3 is 2.64 bits per heavy atom. The summed E-state index contributed by atoms with van der Waals surface area (Å²) in [5.41, 5.74) is 1.32. The fraction of sp³-hybridized carbons (Fsp3) is 0.174. The number of aromatic amines is 1. The van der Waals surface area contributed by atoms with Crippen LogP contribution in [0.2, 0.25) is 5.02 Å². The summed E-state index contributed by atoms with van der Waals surface area (Å²) in [6.45, 7) is 2.69. The normalized spacial score (nSPS) is 16.8. The highest BCUT2D eigenvalue weighted by molar-refractivity contribution is 7.59. The van der Waals surface area contributed by atoms with Gasteiger partial charge in [-0.3, -0.25) is 9.36 Å². The van der Waals surface area contributed by atoms with Crippen molar-refractivity contribution in [2.45, 2.75) is 13.0 Å². The van der Waals surface area contributed by atoms with Crippen LogP contribution in [0.15, 0.2) is 53.8 Å². The van der Waals surface area contributed by atoms with Crippen LogP contribution in [0.4, 0.5) is 10.2 Å². The Morgan fingerprint density at radius 1 is 1.19 bits per heavy atom. The van der Waals surface area contributed by atoms with Gasteiger partial charge in [-0.05, 0) is 30.3 Å². The number of hydrogen-bond donors (Lipinski definition) is 1. The van der Waals surface area contributed by atoms with Gasteiger partial charge in [0, 0.05) is 24.9 Å². The average Bonchev–Trinajstić information content (AvgIpc) is 3.42. The molecule has 1 aliphatic heterocycles. The largest absolute Gasteiger partial charge is 0.345 e. The Bertz CT molecular complexity index is 1690. The molecule has 13 heteroatoms. The Labute approximate surface area is 223 Å². The van der Waals surface area contributed by atoms with Crippen LogP contribution >= 0.6 is 38.6 Å². The van der Waals surface area contributed by atoms with Gasteiger partial charge in [-0.2, -0.15) is 37.4 Å². The molecule has 36 heavy (non-hydrogen) atoms. The first-order valence-electron chi connectivity index (χ1n) is 10.5. The molecule has 5 heterocycles. The molecule has 0 spiro atoms. The molecule has 1 aliphatic rings. The van der Waals surface area contributed by atoms with Crippen LogP contribution in [-0.4, -0.2) is 35.7 Å². The first-order chi connectivity index (χ1) is 16.5. The van der Waals surface area contributed by atoms with Gasteiger partial charge in [0.05, 0.1) is 27.7 Å². The van der Waals surface area contributed by atoms with E-state index in [1.165, 1.54) is 39.7 Å². The number of halogens is 2. The van der Waals surface area contributed by atoms with Crippen molar-refractivity contribution < 1.29 is 4.39 Å². The van der Waals surface area contributed by atoms with Crippen LogP contribution in [0.25, 0.3) is 22.2 Å². The third-order valence-corrected chi connectivity index (χ3v) is 6.52. The molecular formula is C23H20ClFN8OS2. The van der Waals surface area contributed by atoms with E-state index in [0.717, 1.165) is 0 Å². The Balaban J connectivity index is 0.00000152. The molecule has 0 saturated carbocycles. The second-order valence-electron chi connectivity index (χ2n) is 8.24. The Morgan fingerprint density at radius 2 is 1.94 bits per heavy atom. The summed E-state index contributed by atoms with van der Waals surface area (Å²) in [7, 11) is 0. The van der Waals surface area contributed by atoms with Crippen LogP contribution in [0.1, 0.15) is 24.4 Å². The van der Waals surface area contributed by atoms with Crippen molar-refractivity contribution in [3.8, 4) is 11.8 Å². The van der Waals surface area contributed by atoms with Gasteiger partial charge in [-0.1, -0.05) is 18.5 Å². The molecule has 0 amide bonds. The lowest BCUT2D eigenvalue weighted by atomic mass is 9.89. The van der Waals surface area contributed by atoms with E-state index in [-0.39, 0.29) is 55.0 Å². The average molecular weight is 543 g/mol. The van der Waals surface area contributed by atoms with E-state index in [1.807, 2.05) is 4.90 Å². The Kier molecular flexibility index (Phi) is 6.74. The molecule has 2 atom stereocenters. The van der Waals surface area contributed by atoms with Crippen LogP contribution in [0, 0.1) is 23.1 Å². The number of nitriles is 1. The van der Waals surface area contributed by atoms with E-state index in [9.17, 15) is 14.4 Å². The zero-order chi connectivity index (χ0) is 23.6. The molecule has 0 radical (unpaired) electrons. The van der Waals surface area contributed by atoms with Gasteiger partial charge < -0.3 is 9.88 Å². The second-order valence-corrected chi connectivity index (χ2v) is 8.65. The maximum atomic E-state index is 13.7. The number of fused-ring (bicyclic) bond motifs is 2. The van der Waals surface area contributed by atoms with Crippen molar-refractivity contribution in [2.75, 3.05) is 11.4 Å². The summed E-state index contributed by atoms with van der Waals surface area (Å²) in [4.78, 5) is 27.3. The van der Waals surface area contributed by atoms with E-state index < -0.39 is 5.82 Å². The summed E-state index contributed by atoms with van der Waals surface area (Å²) in [5.74, 6) is 0.732. The topological polar surface area (TPSA) is 108 Å². The van der Waals surface area contributed by atoms with Crippen molar-refractivity contribution in [1.82, 2.24) is 29.1 Å². The summed E-state index contributed by atoms with van der Waals surface area (Å²) in [5, 5.41) is 15.2. The summed E-state index contributed by atoms with van der Waals surface area (Å²) in [6, 6.07) is 9.10. The van der Waals surface area contributed by atoms with Crippen molar-refractivity contribution >= 4 is 61.0 Å². The molecule has 0 aliphatic carbocycles. The highest BCUT2D eigenvalue weighted by atomic mass is 35.5. The first-order valence-corrected chi connectivity index (χ1v) is 10.9. The minimum atomic E-state index is -0.411. The first kappa shape index (κ1) is 25.6. The molecular weight excluding hydrogens is 523 g/mol. The lowest BCUT2D eigenvalue weighted by Gasteiger charge is -2.47. The molecule has 1 N–H and O–H groups in total. The van der Waals surface area contributed by atoms with Crippen molar-refractivity contribution in [1.29, 1.82) is 5.26 Å². The molecule has 5 aromatic rings. The van der Waals surface area contributed by atoms with Crippen LogP contribution in [0.3, 0.4) is 0 Å². The standard InChI is InChI=1S/C23H16ClFN8O.2H2S/c1-12-10-31(21-17-13(8-26)9-27-20(17)28-11-29-21)18(12)22-30-32-7-6-16(24)19(32)23(34)33(22)15-4-2-14(25)3-5-15;;/h2-7,9,11-12,18H,10H2,1H3,(H,27,28,29);2*1H2/t12-,18-;;/m0../s1. The molecule has 184 valence electrons. The number of benzene rings is 1. The maximum Gasteiger partial charge on any atom is 0.284 e. The number of hydrogen-bond acceptors (Lipinski definition) is 6. The number of nitrogens with one attached hydrogen (secondary N) is 1. The number of rotatable bonds is 3. The molecule has 0 unspecified atom stereocenters. The fourth-order valence-electron chi connectivity index (χ4n) is 4.64. The fourth-order valence-corrected chi connectivity index (χ4v) is 4.86. The quantitative estimate of drug-likeness (QED) is 0.371. The maximum absolute atomic E-state index is 13.7. The third kappa shape index (κ3) is 3.71. The van der Waals surface area contributed by atoms with Gasteiger partial charge >= 0.3 is 0 Å². The third-order valence-electron chi connectivity index (χ3n) is 6.21. The molecule has 1 aromatic carbocycles. The minimum Gasteiger partial charge on any atom is -0.345 e. The molecule has 9 nitrogen and oxygen atoms in total. The highest BCUT2D eigenvalue weighted by Crippen LogP contribution is 2.43. The number of nitrogens with zero attached hydrogens (tertiary/aromatic N) is 7. The van der Waals surface area contributed by atoms with Crippen molar-refractivity contribution in [3.05, 3.63) is 81.6 Å². The zero-order valence-electron chi connectivity index (χ0n) is 18.8. The molecule has 1 saturated heterocycles. The summed E-state index contributed by atoms with van der Waals surface area (Å²) < 4.78 is 16.6. The van der Waals surface area contributed by atoms with E-state index in [4.69, 9.17) is 16.7 Å². The van der Waals surface area contributed by atoms with E-state index >= 15 is 0 Å². The summed E-state index contributed by atoms with van der Waals surface area (Å²) in [6.07, 6.45) is 4.67. The second kappa shape index (κ2) is 9.50. The number of aromatic nitrogens is 6. The monoisotopic (exact) mass is 542 g/mol. The van der Waals surface area contributed by atoms with E-state index in [1.54, 1.807) is 18.5 Å². The van der Waals surface area contributed by atoms with Crippen molar-refractivity contribution in [3.63, 3.8) is 0 Å². The predicted molar refractivity (Wildman–Crippen MR) is 144 cm³/mol. The Hall–Kier alpha value is -3.53. The van der Waals surface area contributed by atoms with E-state index in [2.05, 4.69) is 27.9 Å². The molecule has 1 fully saturated rings. The predicted octanol–water partition coefficient (Wildman–Crippen LogP) is 3.84. The molecule has 6 rings (SSSR count). The smallest absolute Gasteiger partial charge is 0.284 e. The van der Waals surface area contributed by atoms with Gasteiger partial charge in [0.25, 0.3) is 5.56 Å². The number of H-pyrrole nitrogens is 1. The highest BCUT2D eigenvalue weighted by Gasteiger charge is 2.42. The minimum absolute atomic E-state index is 0. The molecule has 4 aromatic heterocycles. The summed E-state index contributed by atoms with van der Waals surface area (Å²) >= 11 is 6.29. The van der Waals surface area contributed by atoms with Crippen LogP contribution in [-0.2, 0) is 0 Å². The molecule has 0 bridgehead atoms. The van der Waals surface area contributed by atoms with Gasteiger partial charge in [-0.15, -0.1) is 0 Å². The van der Waals surface area contributed by atoms with Gasteiger partial charge in [0.1, 0.15) is 35.2 Å². The van der Waals surface area contributed by atoms with Crippen molar-refractivity contribution in [2.24, 2.45) is 5.92 Å². The van der Waals surface area contributed by atoms with Crippen LogP contribution in [0.5, 0.6) is 0 Å². The van der Waals surface area contributed by atoms with Gasteiger partial charge in [-0.25, -0.2) is 18.9 Å². The lowest BCUT2D eigenvalue weighted by Crippen LogP contribution is -2.51. The van der Waals surface area contributed by atoms with Gasteiger partial charge in [0.2, 0.25) is 0 Å². The zero-order valence-corrected chi connectivity index (χ0v) is 21.5. The van der Waals surface area contributed by atoms with Crippen LogP contribution < -0.4 is 10.5 Å². The number of anilines is 1.